The van der Waals surface area contributed by atoms with E-state index in [2.05, 4.69) is 39.3 Å². The third-order valence-corrected chi connectivity index (χ3v) is 3.86. The fourth-order valence-electron chi connectivity index (χ4n) is 2.62. The van der Waals surface area contributed by atoms with Crippen LogP contribution in [-0.4, -0.2) is 25.0 Å². The zero-order chi connectivity index (χ0) is 16.9. The van der Waals surface area contributed by atoms with Gasteiger partial charge < -0.3 is 10.7 Å². The first-order valence-electron chi connectivity index (χ1n) is 7.90. The highest BCUT2D eigenvalue weighted by Crippen LogP contribution is 2.18. The summed E-state index contributed by atoms with van der Waals surface area (Å²) in [6.07, 6.45) is 3.30. The number of aromatic amines is 1. The number of hydrogen-bond donors (Lipinski definition) is 2. The van der Waals surface area contributed by atoms with E-state index in [1.807, 2.05) is 24.4 Å². The summed E-state index contributed by atoms with van der Waals surface area (Å²) in [6.45, 7) is 2.76. The number of hydrogen-bond acceptors (Lipinski definition) is 5. The van der Waals surface area contributed by atoms with Gasteiger partial charge in [-0.05, 0) is 17.9 Å². The van der Waals surface area contributed by atoms with Gasteiger partial charge in [0.1, 0.15) is 11.6 Å². The van der Waals surface area contributed by atoms with E-state index in [0.29, 0.717) is 24.7 Å². The first kappa shape index (κ1) is 15.9. The Hall–Kier alpha value is -2.96. The Morgan fingerprint density at radius 2 is 2.08 bits per heavy atom. The van der Waals surface area contributed by atoms with E-state index in [-0.39, 0.29) is 11.4 Å². The van der Waals surface area contributed by atoms with Crippen LogP contribution in [0.4, 0.5) is 5.82 Å². The molecule has 0 fully saturated rings. The fraction of sp³-hybridized carbons (Fsp3) is 0.294. The number of nitrogens with one attached hydrogen (secondary N) is 1. The molecule has 0 bridgehead atoms. The van der Waals surface area contributed by atoms with E-state index in [0.717, 1.165) is 12.1 Å². The molecule has 0 saturated carbocycles. The van der Waals surface area contributed by atoms with Gasteiger partial charge in [0.25, 0.3) is 5.56 Å². The van der Waals surface area contributed by atoms with Crippen LogP contribution in [0.2, 0.25) is 0 Å². The van der Waals surface area contributed by atoms with E-state index in [1.54, 1.807) is 4.68 Å². The van der Waals surface area contributed by atoms with Crippen molar-refractivity contribution in [3.05, 3.63) is 70.0 Å². The van der Waals surface area contributed by atoms with E-state index in [4.69, 9.17) is 5.73 Å². The molecule has 0 saturated heterocycles. The van der Waals surface area contributed by atoms with Crippen molar-refractivity contribution >= 4 is 5.82 Å². The van der Waals surface area contributed by atoms with Crippen molar-refractivity contribution in [2.75, 3.05) is 5.73 Å². The second-order valence-electron chi connectivity index (χ2n) is 5.86. The van der Waals surface area contributed by atoms with E-state index >= 15 is 0 Å². The first-order chi connectivity index (χ1) is 11.6. The lowest BCUT2D eigenvalue weighted by atomic mass is 9.97. The van der Waals surface area contributed by atoms with Crippen molar-refractivity contribution in [1.82, 2.24) is 25.0 Å². The van der Waals surface area contributed by atoms with E-state index in [1.165, 1.54) is 11.6 Å². The molecule has 2 aromatic heterocycles. The van der Waals surface area contributed by atoms with Crippen LogP contribution in [-0.2, 0) is 19.4 Å². The summed E-state index contributed by atoms with van der Waals surface area (Å²) in [5.41, 5.74) is 7.57. The topological polar surface area (TPSA) is 102 Å². The lowest BCUT2D eigenvalue weighted by molar-refractivity contribution is 0.576. The zero-order valence-electron chi connectivity index (χ0n) is 13.5. The van der Waals surface area contributed by atoms with Crippen LogP contribution in [0.5, 0.6) is 0 Å². The molecule has 0 aliphatic heterocycles. The van der Waals surface area contributed by atoms with Crippen LogP contribution >= 0.6 is 0 Å². The monoisotopic (exact) mass is 324 g/mol. The van der Waals surface area contributed by atoms with Gasteiger partial charge in [0.2, 0.25) is 0 Å². The Labute approximate surface area is 139 Å². The number of H-pyrrole nitrogens is 1. The van der Waals surface area contributed by atoms with E-state index < -0.39 is 0 Å². The van der Waals surface area contributed by atoms with Crippen molar-refractivity contribution < 1.29 is 0 Å². The summed E-state index contributed by atoms with van der Waals surface area (Å²) in [4.78, 5) is 18.1. The molecule has 1 atom stereocenters. The number of nitrogens with two attached hydrogens (primary N) is 1. The fourth-order valence-corrected chi connectivity index (χ4v) is 2.62. The van der Waals surface area contributed by atoms with Gasteiger partial charge in [-0.3, -0.25) is 9.48 Å². The molecule has 0 aliphatic rings. The van der Waals surface area contributed by atoms with Crippen LogP contribution < -0.4 is 11.3 Å². The molecular formula is C17H20N6O. The highest BCUT2D eigenvalue weighted by atomic mass is 16.1. The van der Waals surface area contributed by atoms with Crippen LogP contribution in [0.25, 0.3) is 0 Å². The van der Waals surface area contributed by atoms with E-state index in [9.17, 15) is 4.79 Å². The molecule has 7 heteroatoms. The minimum atomic E-state index is -0.242. The lowest BCUT2D eigenvalue weighted by Gasteiger charge is -2.09. The standard InChI is InChI=1S/C17H20N6O/c1-12(13-5-3-2-4-6-13)9-14-11-23(22-21-14)8-7-16-19-15(18)10-17(24)20-16/h2-6,10-12H,7-9H2,1H3,(H3,18,19,20,24)/t12-/m1/s1. The van der Waals surface area contributed by atoms with Crippen LogP contribution in [0, 0.1) is 0 Å². The molecule has 0 radical (unpaired) electrons. The maximum absolute atomic E-state index is 11.4. The average Bonchev–Trinajstić information content (AvgIpc) is 3.00. The summed E-state index contributed by atoms with van der Waals surface area (Å²) >= 11 is 0. The Morgan fingerprint density at radius 1 is 1.29 bits per heavy atom. The molecule has 3 N–H and O–H groups in total. The van der Waals surface area contributed by atoms with Crippen LogP contribution in [0.15, 0.2) is 47.4 Å². The normalized spacial score (nSPS) is 12.2. The van der Waals surface area contributed by atoms with Crippen LogP contribution in [0.1, 0.15) is 29.9 Å². The molecule has 1 aromatic carbocycles. The first-order valence-corrected chi connectivity index (χ1v) is 7.90. The number of benzene rings is 1. The van der Waals surface area contributed by atoms with Crippen molar-refractivity contribution in [3.63, 3.8) is 0 Å². The Bertz CT molecular complexity index is 855. The second kappa shape index (κ2) is 7.08. The average molecular weight is 324 g/mol. The van der Waals surface area contributed by atoms with Gasteiger partial charge in [0.05, 0.1) is 5.69 Å². The third-order valence-electron chi connectivity index (χ3n) is 3.86. The number of aromatic nitrogens is 5. The maximum atomic E-state index is 11.4. The predicted octanol–water partition coefficient (Wildman–Crippen LogP) is 1.53. The van der Waals surface area contributed by atoms with Crippen molar-refractivity contribution in [2.24, 2.45) is 0 Å². The van der Waals surface area contributed by atoms with Gasteiger partial charge in [-0.15, -0.1) is 5.10 Å². The van der Waals surface area contributed by atoms with Gasteiger partial charge >= 0.3 is 0 Å². The summed E-state index contributed by atoms with van der Waals surface area (Å²) < 4.78 is 1.76. The van der Waals surface area contributed by atoms with Crippen molar-refractivity contribution in [2.45, 2.75) is 32.2 Å². The molecule has 0 amide bonds. The lowest BCUT2D eigenvalue weighted by Crippen LogP contribution is -2.14. The molecule has 24 heavy (non-hydrogen) atoms. The number of nitrogen functional groups attached to an aromatic ring is 1. The molecule has 2 heterocycles. The molecule has 3 aromatic rings. The second-order valence-corrected chi connectivity index (χ2v) is 5.86. The number of aryl methyl sites for hydroxylation is 2. The minimum absolute atomic E-state index is 0.227. The molecule has 0 aliphatic carbocycles. The Kier molecular flexibility index (Phi) is 4.69. The van der Waals surface area contributed by atoms with Gasteiger partial charge in [-0.25, -0.2) is 4.98 Å². The van der Waals surface area contributed by atoms with Crippen LogP contribution in [0.3, 0.4) is 0 Å². The predicted molar refractivity (Wildman–Crippen MR) is 91.6 cm³/mol. The van der Waals surface area contributed by atoms with Crippen molar-refractivity contribution in [3.8, 4) is 0 Å². The zero-order valence-corrected chi connectivity index (χ0v) is 13.5. The minimum Gasteiger partial charge on any atom is -0.383 e. The summed E-state index contributed by atoms with van der Waals surface area (Å²) in [7, 11) is 0. The quantitative estimate of drug-likeness (QED) is 0.716. The number of rotatable bonds is 6. The molecule has 7 nitrogen and oxygen atoms in total. The third kappa shape index (κ3) is 4.07. The smallest absolute Gasteiger partial charge is 0.252 e. The highest BCUT2D eigenvalue weighted by Gasteiger charge is 2.09. The van der Waals surface area contributed by atoms with Crippen molar-refractivity contribution in [1.29, 1.82) is 0 Å². The summed E-state index contributed by atoms with van der Waals surface area (Å²) in [5.74, 6) is 1.16. The summed E-state index contributed by atoms with van der Waals surface area (Å²) in [5, 5.41) is 8.36. The van der Waals surface area contributed by atoms with Gasteiger partial charge in [0.15, 0.2) is 0 Å². The number of nitrogens with zero attached hydrogens (tertiary/aromatic N) is 4. The molecule has 0 unspecified atom stereocenters. The Morgan fingerprint density at radius 3 is 2.83 bits per heavy atom. The largest absolute Gasteiger partial charge is 0.383 e. The number of anilines is 1. The Balaban J connectivity index is 1.60. The van der Waals surface area contributed by atoms with Gasteiger partial charge in [0, 0.05) is 25.2 Å². The van der Waals surface area contributed by atoms with Gasteiger partial charge in [-0.1, -0.05) is 42.5 Å². The highest BCUT2D eigenvalue weighted by molar-refractivity contribution is 5.25. The molecule has 124 valence electrons. The molecular weight excluding hydrogens is 304 g/mol. The maximum Gasteiger partial charge on any atom is 0.252 e. The SMILES string of the molecule is C[C@H](Cc1cn(CCc2nc(N)cc(=O)[nH]2)nn1)c1ccccc1. The summed E-state index contributed by atoms with van der Waals surface area (Å²) in [6, 6.07) is 11.6. The molecule has 0 spiro atoms. The van der Waals surface area contributed by atoms with Gasteiger partial charge in [-0.2, -0.15) is 0 Å². The molecule has 3 rings (SSSR count).